The SMILES string of the molecule is Cc1cc(C2=C(C=CC3C[C@@H](O)CC(=O)O3)C(C)(C)CC(C)(C)C2)ccc1F. The van der Waals surface area contributed by atoms with Crippen LogP contribution in [-0.2, 0) is 9.53 Å². The van der Waals surface area contributed by atoms with Gasteiger partial charge >= 0.3 is 5.97 Å². The largest absolute Gasteiger partial charge is 0.458 e. The molecule has 1 fully saturated rings. The first-order chi connectivity index (χ1) is 13.0. The van der Waals surface area contributed by atoms with Crippen molar-refractivity contribution in [1.29, 1.82) is 0 Å². The van der Waals surface area contributed by atoms with E-state index in [1.165, 1.54) is 17.2 Å². The van der Waals surface area contributed by atoms with Gasteiger partial charge in [0.05, 0.1) is 12.5 Å². The minimum absolute atomic E-state index is 0.0623. The average Bonchev–Trinajstić information content (AvgIpc) is 2.53. The molecule has 152 valence electrons. The molecule has 0 bridgehead atoms. The molecule has 4 heteroatoms. The number of aliphatic hydroxyl groups is 1. The fourth-order valence-corrected chi connectivity index (χ4v) is 4.88. The van der Waals surface area contributed by atoms with Crippen molar-refractivity contribution in [3.8, 4) is 0 Å². The van der Waals surface area contributed by atoms with Crippen molar-refractivity contribution in [2.75, 3.05) is 0 Å². The summed E-state index contributed by atoms with van der Waals surface area (Å²) in [5.41, 5.74) is 4.13. The Morgan fingerprint density at radius 2 is 1.96 bits per heavy atom. The number of carbonyl (C=O) groups excluding carboxylic acids is 1. The summed E-state index contributed by atoms with van der Waals surface area (Å²) in [7, 11) is 0. The van der Waals surface area contributed by atoms with E-state index >= 15 is 0 Å². The van der Waals surface area contributed by atoms with Crippen LogP contribution in [-0.4, -0.2) is 23.3 Å². The highest BCUT2D eigenvalue weighted by molar-refractivity contribution is 5.74. The van der Waals surface area contributed by atoms with Gasteiger partial charge in [-0.3, -0.25) is 4.79 Å². The molecule has 0 saturated carbocycles. The number of cyclic esters (lactones) is 1. The van der Waals surface area contributed by atoms with Crippen LogP contribution in [0.15, 0.2) is 35.9 Å². The topological polar surface area (TPSA) is 46.5 Å². The van der Waals surface area contributed by atoms with Crippen molar-refractivity contribution in [1.82, 2.24) is 0 Å². The molecule has 1 N–H and O–H groups in total. The van der Waals surface area contributed by atoms with Gasteiger partial charge in [-0.05, 0) is 71.1 Å². The fraction of sp³-hybridized carbons (Fsp3) is 0.542. The molecule has 0 spiro atoms. The quantitative estimate of drug-likeness (QED) is 0.712. The zero-order chi connectivity index (χ0) is 20.7. The summed E-state index contributed by atoms with van der Waals surface area (Å²) in [6.07, 6.45) is 5.29. The summed E-state index contributed by atoms with van der Waals surface area (Å²) < 4.78 is 19.2. The van der Waals surface area contributed by atoms with Gasteiger partial charge in [0.25, 0.3) is 0 Å². The van der Waals surface area contributed by atoms with E-state index in [2.05, 4.69) is 33.8 Å². The predicted octanol–water partition coefficient (Wildman–Crippen LogP) is 5.36. The number of ether oxygens (including phenoxy) is 1. The maximum atomic E-state index is 13.8. The maximum absolute atomic E-state index is 13.8. The summed E-state index contributed by atoms with van der Waals surface area (Å²) in [5.74, 6) is -0.556. The second-order valence-corrected chi connectivity index (χ2v) is 9.74. The molecule has 3 nitrogen and oxygen atoms in total. The number of aryl methyl sites for hydroxylation is 1. The molecule has 1 aliphatic carbocycles. The zero-order valence-electron chi connectivity index (χ0n) is 17.5. The molecule has 1 unspecified atom stereocenters. The highest BCUT2D eigenvalue weighted by Crippen LogP contribution is 2.52. The number of allylic oxidation sites excluding steroid dienone is 3. The van der Waals surface area contributed by atoms with Crippen LogP contribution >= 0.6 is 0 Å². The van der Waals surface area contributed by atoms with Gasteiger partial charge in [0, 0.05) is 6.42 Å². The molecule has 2 atom stereocenters. The van der Waals surface area contributed by atoms with Gasteiger partial charge in [-0.2, -0.15) is 0 Å². The molecule has 1 saturated heterocycles. The Morgan fingerprint density at radius 1 is 1.25 bits per heavy atom. The summed E-state index contributed by atoms with van der Waals surface area (Å²) in [6, 6.07) is 5.31. The van der Waals surface area contributed by atoms with Crippen LogP contribution in [0.1, 0.15) is 64.5 Å². The van der Waals surface area contributed by atoms with E-state index in [-0.39, 0.29) is 29.0 Å². The summed E-state index contributed by atoms with van der Waals surface area (Å²) in [4.78, 5) is 11.6. The molecule has 2 aliphatic rings. The van der Waals surface area contributed by atoms with Crippen LogP contribution in [0.25, 0.3) is 5.57 Å². The lowest BCUT2D eigenvalue weighted by Crippen LogP contribution is -2.32. The second kappa shape index (κ2) is 7.47. The van der Waals surface area contributed by atoms with Gasteiger partial charge in [-0.1, -0.05) is 39.8 Å². The lowest BCUT2D eigenvalue weighted by atomic mass is 9.61. The second-order valence-electron chi connectivity index (χ2n) is 9.74. The number of halogens is 1. The highest BCUT2D eigenvalue weighted by Gasteiger charge is 2.38. The van der Waals surface area contributed by atoms with Crippen LogP contribution in [0.3, 0.4) is 0 Å². The van der Waals surface area contributed by atoms with Crippen molar-refractivity contribution < 1.29 is 19.0 Å². The molecule has 0 aromatic heterocycles. The minimum atomic E-state index is -0.651. The lowest BCUT2D eigenvalue weighted by Gasteiger charge is -2.43. The van der Waals surface area contributed by atoms with Crippen LogP contribution < -0.4 is 0 Å². The van der Waals surface area contributed by atoms with Crippen LogP contribution in [0.5, 0.6) is 0 Å². The first kappa shape index (κ1) is 20.8. The molecule has 0 radical (unpaired) electrons. The molecule has 28 heavy (non-hydrogen) atoms. The third-order valence-electron chi connectivity index (χ3n) is 5.80. The van der Waals surface area contributed by atoms with Crippen LogP contribution in [0, 0.1) is 23.6 Å². The Hall–Kier alpha value is -1.94. The third kappa shape index (κ3) is 4.54. The monoisotopic (exact) mass is 386 g/mol. The highest BCUT2D eigenvalue weighted by atomic mass is 19.1. The molecule has 3 rings (SSSR count). The van der Waals surface area contributed by atoms with E-state index in [0.717, 1.165) is 18.4 Å². The van der Waals surface area contributed by atoms with E-state index in [0.29, 0.717) is 12.0 Å². The number of rotatable bonds is 3. The summed E-state index contributed by atoms with van der Waals surface area (Å²) in [6.45, 7) is 10.8. The van der Waals surface area contributed by atoms with Crippen molar-refractivity contribution >= 4 is 11.5 Å². The Bertz CT molecular complexity index is 832. The van der Waals surface area contributed by atoms with Crippen molar-refractivity contribution in [3.63, 3.8) is 0 Å². The fourth-order valence-electron chi connectivity index (χ4n) is 4.88. The van der Waals surface area contributed by atoms with Gasteiger partial charge in [0.15, 0.2) is 0 Å². The van der Waals surface area contributed by atoms with Crippen LogP contribution in [0.4, 0.5) is 4.39 Å². The molecule has 1 aromatic rings. The Labute approximate surface area is 167 Å². The van der Waals surface area contributed by atoms with Gasteiger partial charge in [-0.15, -0.1) is 0 Å². The average molecular weight is 387 g/mol. The van der Waals surface area contributed by atoms with Crippen LogP contribution in [0.2, 0.25) is 0 Å². The first-order valence-corrected chi connectivity index (χ1v) is 10.0. The molecule has 0 amide bonds. The van der Waals surface area contributed by atoms with E-state index in [1.54, 1.807) is 6.92 Å². The minimum Gasteiger partial charge on any atom is -0.458 e. The zero-order valence-corrected chi connectivity index (χ0v) is 17.5. The lowest BCUT2D eigenvalue weighted by molar-refractivity contribution is -0.156. The normalized spacial score (nSPS) is 27.2. The van der Waals surface area contributed by atoms with Crippen molar-refractivity contribution in [3.05, 3.63) is 52.9 Å². The Kier molecular flexibility index (Phi) is 5.55. The predicted molar refractivity (Wildman–Crippen MR) is 109 cm³/mol. The number of hydrogen-bond acceptors (Lipinski definition) is 3. The molecule has 1 aliphatic heterocycles. The molecular formula is C24H31FO3. The third-order valence-corrected chi connectivity index (χ3v) is 5.80. The van der Waals surface area contributed by atoms with E-state index in [4.69, 9.17) is 4.74 Å². The number of benzene rings is 1. The smallest absolute Gasteiger partial charge is 0.309 e. The Balaban J connectivity index is 2.04. The van der Waals surface area contributed by atoms with Gasteiger partial charge in [-0.25, -0.2) is 4.39 Å². The van der Waals surface area contributed by atoms with E-state index < -0.39 is 12.2 Å². The number of esters is 1. The van der Waals surface area contributed by atoms with E-state index in [1.807, 2.05) is 18.2 Å². The van der Waals surface area contributed by atoms with Gasteiger partial charge in [0.1, 0.15) is 11.9 Å². The van der Waals surface area contributed by atoms with Crippen molar-refractivity contribution in [2.45, 2.75) is 72.5 Å². The van der Waals surface area contributed by atoms with Crippen molar-refractivity contribution in [2.24, 2.45) is 10.8 Å². The van der Waals surface area contributed by atoms with E-state index in [9.17, 15) is 14.3 Å². The van der Waals surface area contributed by atoms with Gasteiger partial charge < -0.3 is 9.84 Å². The Morgan fingerprint density at radius 3 is 2.61 bits per heavy atom. The standard InChI is InChI=1S/C24H31FO3/c1-15-10-16(6-9-21(15)25)19-13-23(2,3)14-24(4,5)20(19)8-7-18-11-17(26)12-22(27)28-18/h6-10,17-18,26H,11-14H2,1-5H3/t17-,18?/m1/s1. The van der Waals surface area contributed by atoms with Gasteiger partial charge in [0.2, 0.25) is 0 Å². The molecule has 1 aromatic carbocycles. The summed E-state index contributed by atoms with van der Waals surface area (Å²) in [5, 5.41) is 9.86. The number of aliphatic hydroxyl groups excluding tert-OH is 1. The molecular weight excluding hydrogens is 355 g/mol. The maximum Gasteiger partial charge on any atom is 0.309 e. The number of hydrogen-bond donors (Lipinski definition) is 1. The number of carbonyl (C=O) groups is 1. The molecule has 1 heterocycles. The summed E-state index contributed by atoms with van der Waals surface area (Å²) >= 11 is 0. The first-order valence-electron chi connectivity index (χ1n) is 10.0.